The minimum Gasteiger partial charge on any atom is -0.303 e. The molecule has 1 heteroatoms. The minimum atomic E-state index is 0.434. The Kier molecular flexibility index (Phi) is 5.62. The lowest BCUT2D eigenvalue weighted by atomic mass is 9.95. The molecule has 1 unspecified atom stereocenters. The lowest BCUT2D eigenvalue weighted by molar-refractivity contribution is 0.176. The molecule has 0 saturated carbocycles. The molecule has 0 fully saturated rings. The smallest absolute Gasteiger partial charge is 0.00300 e. The molecule has 0 aromatic rings. The molecule has 0 rings (SSSR count). The molecule has 13 heavy (non-hydrogen) atoms. The third-order valence-electron chi connectivity index (χ3n) is 2.41. The first kappa shape index (κ1) is 13.0. The van der Waals surface area contributed by atoms with E-state index in [-0.39, 0.29) is 0 Å². The maximum atomic E-state index is 2.56. The molecule has 0 aromatic carbocycles. The Morgan fingerprint density at radius 1 is 1.15 bits per heavy atom. The van der Waals surface area contributed by atoms with Crippen molar-refractivity contribution in [1.82, 2.24) is 4.90 Å². The summed E-state index contributed by atoms with van der Waals surface area (Å²) < 4.78 is 0. The second-order valence-corrected chi connectivity index (χ2v) is 5.40. The van der Waals surface area contributed by atoms with Gasteiger partial charge in [-0.3, -0.25) is 0 Å². The second kappa shape index (κ2) is 5.64. The fourth-order valence-electron chi connectivity index (χ4n) is 1.55. The molecule has 1 atom stereocenters. The molecule has 1 nitrogen and oxygen atoms in total. The molecule has 0 radical (unpaired) electrons. The molecule has 80 valence electrons. The first-order chi connectivity index (χ1) is 5.89. The number of hydrogen-bond donors (Lipinski definition) is 0. The van der Waals surface area contributed by atoms with Gasteiger partial charge in [-0.25, -0.2) is 0 Å². The van der Waals surface area contributed by atoms with E-state index in [1.54, 1.807) is 0 Å². The van der Waals surface area contributed by atoms with E-state index in [2.05, 4.69) is 46.4 Å². The lowest BCUT2D eigenvalue weighted by Gasteiger charge is -2.30. The molecule has 0 amide bonds. The summed E-state index contributed by atoms with van der Waals surface area (Å²) in [5.74, 6) is 0.835. The summed E-state index contributed by atoms with van der Waals surface area (Å²) in [5.41, 5.74) is 0.434. The Hall–Kier alpha value is -0.0400. The van der Waals surface area contributed by atoms with Crippen LogP contribution in [0.5, 0.6) is 0 Å². The van der Waals surface area contributed by atoms with E-state index in [0.29, 0.717) is 5.41 Å². The Bertz CT molecular complexity index is 124. The summed E-state index contributed by atoms with van der Waals surface area (Å²) in [6, 6.07) is 0. The van der Waals surface area contributed by atoms with Crippen molar-refractivity contribution in [3.8, 4) is 0 Å². The van der Waals surface area contributed by atoms with E-state index in [1.165, 1.54) is 26.1 Å². The van der Waals surface area contributed by atoms with Gasteiger partial charge in [-0.15, -0.1) is 0 Å². The highest BCUT2D eigenvalue weighted by molar-refractivity contribution is 4.69. The molecule has 0 aliphatic heterocycles. The molecular formula is C12H27N. The van der Waals surface area contributed by atoms with Crippen LogP contribution in [0.15, 0.2) is 0 Å². The van der Waals surface area contributed by atoms with Gasteiger partial charge in [-0.05, 0) is 17.9 Å². The van der Waals surface area contributed by atoms with Gasteiger partial charge in [0.2, 0.25) is 0 Å². The molecule has 0 bridgehead atoms. The zero-order valence-corrected chi connectivity index (χ0v) is 10.4. The molecule has 0 N–H and O–H groups in total. The summed E-state index contributed by atoms with van der Waals surface area (Å²) in [5, 5.41) is 0. The average Bonchev–Trinajstić information content (AvgIpc) is 2.00. The predicted octanol–water partition coefficient (Wildman–Crippen LogP) is 3.40. The standard InChI is InChI=1S/C12H27N/c1-7-11(3)9-13(8-2)10-12(4,5)6/h11H,7-10H2,1-6H3. The highest BCUT2D eigenvalue weighted by Crippen LogP contribution is 2.16. The zero-order chi connectivity index (χ0) is 10.5. The van der Waals surface area contributed by atoms with Crippen LogP contribution in [-0.2, 0) is 0 Å². The summed E-state index contributed by atoms with van der Waals surface area (Å²) in [6.07, 6.45) is 1.29. The summed E-state index contributed by atoms with van der Waals surface area (Å²) >= 11 is 0. The first-order valence-electron chi connectivity index (χ1n) is 5.61. The highest BCUT2D eigenvalue weighted by atomic mass is 15.1. The van der Waals surface area contributed by atoms with Crippen LogP contribution >= 0.6 is 0 Å². The minimum absolute atomic E-state index is 0.434. The molecule has 0 spiro atoms. The van der Waals surface area contributed by atoms with Crippen molar-refractivity contribution in [2.75, 3.05) is 19.6 Å². The lowest BCUT2D eigenvalue weighted by Crippen LogP contribution is -2.35. The third-order valence-corrected chi connectivity index (χ3v) is 2.41. The van der Waals surface area contributed by atoms with Crippen molar-refractivity contribution >= 4 is 0 Å². The van der Waals surface area contributed by atoms with Crippen molar-refractivity contribution in [2.24, 2.45) is 11.3 Å². The SMILES string of the molecule is CCC(C)CN(CC)CC(C)(C)C. The molecule has 0 heterocycles. The van der Waals surface area contributed by atoms with E-state index < -0.39 is 0 Å². The molecule has 0 aliphatic carbocycles. The Balaban J connectivity index is 3.89. The van der Waals surface area contributed by atoms with Crippen LogP contribution < -0.4 is 0 Å². The van der Waals surface area contributed by atoms with Crippen molar-refractivity contribution in [1.29, 1.82) is 0 Å². The van der Waals surface area contributed by atoms with E-state index in [4.69, 9.17) is 0 Å². The Morgan fingerprint density at radius 3 is 2.00 bits per heavy atom. The van der Waals surface area contributed by atoms with Crippen molar-refractivity contribution in [2.45, 2.75) is 48.0 Å². The van der Waals surface area contributed by atoms with Crippen LogP contribution in [0.4, 0.5) is 0 Å². The van der Waals surface area contributed by atoms with Gasteiger partial charge in [0.15, 0.2) is 0 Å². The van der Waals surface area contributed by atoms with Gasteiger partial charge in [0, 0.05) is 13.1 Å². The molecule has 0 saturated heterocycles. The van der Waals surface area contributed by atoms with Gasteiger partial charge < -0.3 is 4.90 Å². The fourth-order valence-corrected chi connectivity index (χ4v) is 1.55. The van der Waals surface area contributed by atoms with Gasteiger partial charge in [-0.1, -0.05) is 48.0 Å². The molecular weight excluding hydrogens is 158 g/mol. The van der Waals surface area contributed by atoms with Crippen LogP contribution in [0.25, 0.3) is 0 Å². The third kappa shape index (κ3) is 7.06. The van der Waals surface area contributed by atoms with Crippen LogP contribution in [-0.4, -0.2) is 24.5 Å². The summed E-state index contributed by atoms with van der Waals surface area (Å²) in [6.45, 7) is 17.5. The predicted molar refractivity (Wildman–Crippen MR) is 61.0 cm³/mol. The maximum absolute atomic E-state index is 2.56. The Morgan fingerprint density at radius 2 is 1.69 bits per heavy atom. The monoisotopic (exact) mass is 185 g/mol. The van der Waals surface area contributed by atoms with Crippen molar-refractivity contribution < 1.29 is 0 Å². The van der Waals surface area contributed by atoms with Crippen LogP contribution in [0.1, 0.15) is 48.0 Å². The van der Waals surface area contributed by atoms with Crippen LogP contribution in [0, 0.1) is 11.3 Å². The fraction of sp³-hybridized carbons (Fsp3) is 1.00. The zero-order valence-electron chi connectivity index (χ0n) is 10.4. The van der Waals surface area contributed by atoms with Crippen LogP contribution in [0.2, 0.25) is 0 Å². The topological polar surface area (TPSA) is 3.24 Å². The van der Waals surface area contributed by atoms with E-state index in [0.717, 1.165) is 5.92 Å². The van der Waals surface area contributed by atoms with Gasteiger partial charge in [-0.2, -0.15) is 0 Å². The summed E-state index contributed by atoms with van der Waals surface area (Å²) in [4.78, 5) is 2.56. The number of nitrogens with zero attached hydrogens (tertiary/aromatic N) is 1. The number of hydrogen-bond acceptors (Lipinski definition) is 1. The normalized spacial score (nSPS) is 15.0. The van der Waals surface area contributed by atoms with Gasteiger partial charge in [0.1, 0.15) is 0 Å². The quantitative estimate of drug-likeness (QED) is 0.634. The molecule has 0 aliphatic rings. The first-order valence-corrected chi connectivity index (χ1v) is 5.61. The average molecular weight is 185 g/mol. The maximum Gasteiger partial charge on any atom is 0.00300 e. The van der Waals surface area contributed by atoms with Crippen molar-refractivity contribution in [3.05, 3.63) is 0 Å². The van der Waals surface area contributed by atoms with E-state index in [1.807, 2.05) is 0 Å². The van der Waals surface area contributed by atoms with Gasteiger partial charge in [0.05, 0.1) is 0 Å². The van der Waals surface area contributed by atoms with E-state index in [9.17, 15) is 0 Å². The van der Waals surface area contributed by atoms with E-state index >= 15 is 0 Å². The van der Waals surface area contributed by atoms with Gasteiger partial charge in [0.25, 0.3) is 0 Å². The Labute approximate surface area is 84.5 Å². The van der Waals surface area contributed by atoms with Crippen molar-refractivity contribution in [3.63, 3.8) is 0 Å². The second-order valence-electron chi connectivity index (χ2n) is 5.40. The molecule has 0 aromatic heterocycles. The number of rotatable bonds is 5. The van der Waals surface area contributed by atoms with Crippen LogP contribution in [0.3, 0.4) is 0 Å². The highest BCUT2D eigenvalue weighted by Gasteiger charge is 2.16. The largest absolute Gasteiger partial charge is 0.303 e. The van der Waals surface area contributed by atoms with Gasteiger partial charge >= 0.3 is 0 Å². The summed E-state index contributed by atoms with van der Waals surface area (Å²) in [7, 11) is 0.